The first kappa shape index (κ1) is 13.4. The van der Waals surface area contributed by atoms with E-state index in [1.165, 1.54) is 0 Å². The lowest BCUT2D eigenvalue weighted by Gasteiger charge is -2.13. The largest absolute Gasteiger partial charge is 0.368 e. The summed E-state index contributed by atoms with van der Waals surface area (Å²) in [5.74, 6) is 0.605. The van der Waals surface area contributed by atoms with Gasteiger partial charge in [-0.3, -0.25) is 4.79 Å². The molecule has 0 fully saturated rings. The second-order valence-corrected chi connectivity index (χ2v) is 4.58. The number of aryl methyl sites for hydroxylation is 1. The third-order valence-electron chi connectivity index (χ3n) is 3.03. The molecule has 5 nitrogen and oxygen atoms in total. The predicted octanol–water partition coefficient (Wildman–Crippen LogP) is 1.74. The number of aromatic nitrogens is 2. The summed E-state index contributed by atoms with van der Waals surface area (Å²) in [6.07, 6.45) is 0.513. The van der Waals surface area contributed by atoms with Gasteiger partial charge < -0.3 is 10.3 Å². The van der Waals surface area contributed by atoms with Crippen molar-refractivity contribution >= 4 is 28.5 Å². The van der Waals surface area contributed by atoms with E-state index in [-0.39, 0.29) is 0 Å². The molecule has 0 spiro atoms. The molecule has 0 bridgehead atoms. The second-order valence-electron chi connectivity index (χ2n) is 4.20. The van der Waals surface area contributed by atoms with Gasteiger partial charge in [-0.1, -0.05) is 6.07 Å². The number of nitrogens with two attached hydrogens (primary N) is 1. The van der Waals surface area contributed by atoms with Gasteiger partial charge in [-0.25, -0.2) is 4.98 Å². The van der Waals surface area contributed by atoms with Crippen LogP contribution in [-0.2, 0) is 11.2 Å². The van der Waals surface area contributed by atoms with E-state index in [0.29, 0.717) is 29.2 Å². The molecule has 1 heterocycles. The fraction of sp³-hybridized carbons (Fsp3) is 0.308. The number of nitriles is 1. The van der Waals surface area contributed by atoms with Crippen LogP contribution >= 0.6 is 11.6 Å². The van der Waals surface area contributed by atoms with Crippen LogP contribution in [0.4, 0.5) is 0 Å². The maximum absolute atomic E-state index is 11.4. The number of amides is 1. The van der Waals surface area contributed by atoms with Gasteiger partial charge in [-0.15, -0.1) is 11.6 Å². The number of nitrogens with zero attached hydrogens (tertiary/aromatic N) is 3. The topological polar surface area (TPSA) is 84.7 Å². The Morgan fingerprint density at radius 1 is 1.63 bits per heavy atom. The fourth-order valence-corrected chi connectivity index (χ4v) is 2.24. The van der Waals surface area contributed by atoms with Crippen molar-refractivity contribution in [1.82, 2.24) is 9.55 Å². The van der Waals surface area contributed by atoms with Crippen molar-refractivity contribution < 1.29 is 4.79 Å². The van der Waals surface area contributed by atoms with E-state index in [1.807, 2.05) is 6.07 Å². The van der Waals surface area contributed by atoms with Gasteiger partial charge in [0.1, 0.15) is 23.5 Å². The number of alkyl halides is 1. The van der Waals surface area contributed by atoms with Crippen molar-refractivity contribution in [1.29, 1.82) is 5.26 Å². The molecule has 1 aromatic carbocycles. The van der Waals surface area contributed by atoms with Gasteiger partial charge in [-0.2, -0.15) is 5.26 Å². The van der Waals surface area contributed by atoms with Gasteiger partial charge in [0.25, 0.3) is 0 Å². The smallest absolute Gasteiger partial charge is 0.240 e. The zero-order valence-electron chi connectivity index (χ0n) is 10.4. The number of hydrogen-bond donors (Lipinski definition) is 1. The van der Waals surface area contributed by atoms with Crippen molar-refractivity contribution in [2.45, 2.75) is 19.4 Å². The Morgan fingerprint density at radius 2 is 2.37 bits per heavy atom. The van der Waals surface area contributed by atoms with Crippen molar-refractivity contribution in [2.75, 3.05) is 5.88 Å². The van der Waals surface area contributed by atoms with E-state index in [1.54, 1.807) is 23.6 Å². The third kappa shape index (κ3) is 2.27. The predicted molar refractivity (Wildman–Crippen MR) is 72.8 cm³/mol. The van der Waals surface area contributed by atoms with Crippen LogP contribution in [0.2, 0.25) is 0 Å². The number of para-hydroxylation sites is 1. The zero-order chi connectivity index (χ0) is 14.0. The Morgan fingerprint density at radius 3 is 2.95 bits per heavy atom. The van der Waals surface area contributed by atoms with E-state index in [2.05, 4.69) is 11.1 Å². The summed E-state index contributed by atoms with van der Waals surface area (Å²) in [6, 6.07) is 6.84. The summed E-state index contributed by atoms with van der Waals surface area (Å²) in [4.78, 5) is 15.9. The minimum atomic E-state index is -0.530. The Balaban J connectivity index is 2.75. The number of hydrogen-bond acceptors (Lipinski definition) is 3. The molecule has 2 rings (SSSR count). The monoisotopic (exact) mass is 276 g/mol. The molecule has 2 aromatic rings. The number of primary amides is 1. The molecule has 1 unspecified atom stereocenters. The summed E-state index contributed by atoms with van der Waals surface area (Å²) in [6.45, 7) is 1.71. The average molecular weight is 277 g/mol. The molecule has 0 saturated carbocycles. The summed E-state index contributed by atoms with van der Waals surface area (Å²) in [5.41, 5.74) is 7.15. The molecule has 19 heavy (non-hydrogen) atoms. The summed E-state index contributed by atoms with van der Waals surface area (Å²) >= 11 is 5.76. The molecule has 0 radical (unpaired) electrons. The Hall–Kier alpha value is -2.06. The van der Waals surface area contributed by atoms with Gasteiger partial charge in [0.05, 0.1) is 11.1 Å². The van der Waals surface area contributed by atoms with Gasteiger partial charge in [0.2, 0.25) is 5.91 Å². The molecule has 2 N–H and O–H groups in total. The Bertz CT molecular complexity index is 671. The highest BCUT2D eigenvalue weighted by molar-refractivity contribution is 6.17. The van der Waals surface area contributed by atoms with Crippen LogP contribution in [0.5, 0.6) is 0 Å². The van der Waals surface area contributed by atoms with Crippen LogP contribution in [0, 0.1) is 11.3 Å². The van der Waals surface area contributed by atoms with Crippen LogP contribution < -0.4 is 5.73 Å². The van der Waals surface area contributed by atoms with Gasteiger partial charge in [0, 0.05) is 12.3 Å². The summed E-state index contributed by atoms with van der Waals surface area (Å²) in [5, 5.41) is 9.10. The molecule has 6 heteroatoms. The molecular weight excluding hydrogens is 264 g/mol. The van der Waals surface area contributed by atoms with Crippen LogP contribution in [0.3, 0.4) is 0 Å². The zero-order valence-corrected chi connectivity index (χ0v) is 11.2. The number of fused-ring (bicyclic) bond motifs is 1. The first-order chi connectivity index (χ1) is 9.10. The fourth-order valence-electron chi connectivity index (χ4n) is 2.08. The first-order valence-corrected chi connectivity index (χ1v) is 6.38. The van der Waals surface area contributed by atoms with E-state index in [0.717, 1.165) is 5.52 Å². The maximum atomic E-state index is 11.4. The van der Waals surface area contributed by atoms with Crippen LogP contribution in [0.15, 0.2) is 18.2 Å². The first-order valence-electron chi connectivity index (χ1n) is 5.85. The van der Waals surface area contributed by atoms with E-state index in [4.69, 9.17) is 22.6 Å². The standard InChI is InChI=1S/C13H13ClN4O/c1-8(13(16)19)18-10-4-2-3-9(7-15)12(10)17-11(18)5-6-14/h2-4,8H,5-6H2,1H3,(H2,16,19). The number of carbonyl (C=O) groups is 1. The second kappa shape index (κ2) is 5.29. The van der Waals surface area contributed by atoms with Crippen LogP contribution in [0.1, 0.15) is 24.4 Å². The molecule has 0 aliphatic heterocycles. The van der Waals surface area contributed by atoms with Crippen LogP contribution in [0.25, 0.3) is 11.0 Å². The van der Waals surface area contributed by atoms with Crippen molar-refractivity contribution in [3.63, 3.8) is 0 Å². The van der Waals surface area contributed by atoms with Gasteiger partial charge >= 0.3 is 0 Å². The molecular formula is C13H13ClN4O. The highest BCUT2D eigenvalue weighted by atomic mass is 35.5. The number of rotatable bonds is 4. The van der Waals surface area contributed by atoms with Crippen molar-refractivity contribution in [3.8, 4) is 6.07 Å². The molecule has 1 amide bonds. The third-order valence-corrected chi connectivity index (χ3v) is 3.22. The summed E-state index contributed by atoms with van der Waals surface area (Å²) < 4.78 is 1.75. The number of imidazole rings is 1. The van der Waals surface area contributed by atoms with Crippen molar-refractivity contribution in [3.05, 3.63) is 29.6 Å². The molecule has 98 valence electrons. The SMILES string of the molecule is CC(C(N)=O)n1c(CCCl)nc2c(C#N)cccc21. The Kier molecular flexibility index (Phi) is 3.72. The molecule has 1 atom stereocenters. The normalized spacial score (nSPS) is 12.3. The number of benzene rings is 1. The van der Waals surface area contributed by atoms with E-state index < -0.39 is 11.9 Å². The lowest BCUT2D eigenvalue weighted by molar-refractivity contribution is -0.120. The molecule has 0 aliphatic rings. The van der Waals surface area contributed by atoms with Gasteiger partial charge in [-0.05, 0) is 19.1 Å². The molecule has 1 aromatic heterocycles. The minimum absolute atomic E-state index is 0.386. The number of carbonyl (C=O) groups excluding carboxylic acids is 1. The average Bonchev–Trinajstić information content (AvgIpc) is 2.75. The van der Waals surface area contributed by atoms with E-state index in [9.17, 15) is 4.79 Å². The van der Waals surface area contributed by atoms with Crippen LogP contribution in [-0.4, -0.2) is 21.3 Å². The summed E-state index contributed by atoms with van der Waals surface area (Å²) in [7, 11) is 0. The van der Waals surface area contributed by atoms with E-state index >= 15 is 0 Å². The number of halogens is 1. The molecule has 0 saturated heterocycles. The molecule has 0 aliphatic carbocycles. The highest BCUT2D eigenvalue weighted by Gasteiger charge is 2.20. The lowest BCUT2D eigenvalue weighted by Crippen LogP contribution is -2.25. The maximum Gasteiger partial charge on any atom is 0.240 e. The minimum Gasteiger partial charge on any atom is -0.368 e. The Labute approximate surface area is 115 Å². The lowest BCUT2D eigenvalue weighted by atomic mass is 10.2. The highest BCUT2D eigenvalue weighted by Crippen LogP contribution is 2.24. The van der Waals surface area contributed by atoms with Crippen molar-refractivity contribution in [2.24, 2.45) is 5.73 Å². The van der Waals surface area contributed by atoms with Gasteiger partial charge in [0.15, 0.2) is 0 Å². The quantitative estimate of drug-likeness (QED) is 0.863.